The zero-order valence-corrected chi connectivity index (χ0v) is 15.8. The summed E-state index contributed by atoms with van der Waals surface area (Å²) in [5.41, 5.74) is 2.17. The summed E-state index contributed by atoms with van der Waals surface area (Å²) in [6.45, 7) is 1.78. The van der Waals surface area contributed by atoms with Gasteiger partial charge in [0.25, 0.3) is 11.5 Å². The van der Waals surface area contributed by atoms with Crippen molar-refractivity contribution in [2.24, 2.45) is 0 Å². The van der Waals surface area contributed by atoms with E-state index in [0.717, 1.165) is 0 Å². The van der Waals surface area contributed by atoms with Gasteiger partial charge in [0.05, 0.1) is 16.6 Å². The third-order valence-corrected chi connectivity index (χ3v) is 4.63. The number of aryl methyl sites for hydroxylation is 1. The van der Waals surface area contributed by atoms with Crippen LogP contribution in [0, 0.1) is 6.92 Å². The molecule has 28 heavy (non-hydrogen) atoms. The van der Waals surface area contributed by atoms with Crippen molar-refractivity contribution in [1.29, 1.82) is 0 Å². The van der Waals surface area contributed by atoms with Crippen molar-refractivity contribution in [2.75, 3.05) is 5.32 Å². The molecule has 0 aliphatic rings. The first-order valence-corrected chi connectivity index (χ1v) is 9.06. The highest BCUT2D eigenvalue weighted by Crippen LogP contribution is 2.18. The smallest absolute Gasteiger partial charge is 0.265 e. The summed E-state index contributed by atoms with van der Waals surface area (Å²) in [5.74, 6) is 0.294. The Morgan fingerprint density at radius 2 is 1.79 bits per heavy atom. The molecule has 0 spiro atoms. The van der Waals surface area contributed by atoms with E-state index < -0.39 is 0 Å². The van der Waals surface area contributed by atoms with Crippen LogP contribution in [0.4, 0.5) is 5.69 Å². The van der Waals surface area contributed by atoms with Crippen molar-refractivity contribution in [2.45, 2.75) is 6.92 Å². The molecule has 0 unspecified atom stereocenters. The highest BCUT2D eigenvalue weighted by atomic mass is 35.5. The number of nitrogens with zero attached hydrogens (tertiary/aromatic N) is 2. The molecule has 0 aliphatic carbocycles. The molecule has 5 nitrogen and oxygen atoms in total. The Balaban J connectivity index is 1.73. The van der Waals surface area contributed by atoms with Crippen LogP contribution in [0.2, 0.25) is 5.02 Å². The second-order valence-electron chi connectivity index (χ2n) is 6.33. The van der Waals surface area contributed by atoms with Crippen LogP contribution in [0.5, 0.6) is 0 Å². The lowest BCUT2D eigenvalue weighted by molar-refractivity contribution is 0.102. The number of rotatable bonds is 3. The van der Waals surface area contributed by atoms with Gasteiger partial charge < -0.3 is 5.32 Å². The zero-order chi connectivity index (χ0) is 19.7. The largest absolute Gasteiger partial charge is 0.322 e. The van der Waals surface area contributed by atoms with E-state index in [1.54, 1.807) is 61.5 Å². The maximum absolute atomic E-state index is 13.0. The normalized spacial score (nSPS) is 10.8. The molecule has 1 aromatic heterocycles. The second-order valence-corrected chi connectivity index (χ2v) is 6.77. The number of benzene rings is 3. The van der Waals surface area contributed by atoms with Crippen LogP contribution < -0.4 is 10.9 Å². The van der Waals surface area contributed by atoms with E-state index in [0.29, 0.717) is 38.7 Å². The number of carbonyl (C=O) groups is 1. The molecule has 0 saturated carbocycles. The number of aromatic nitrogens is 2. The number of para-hydroxylation sites is 1. The molecule has 0 atom stereocenters. The molecule has 6 heteroatoms. The lowest BCUT2D eigenvalue weighted by Crippen LogP contribution is -2.22. The van der Waals surface area contributed by atoms with Gasteiger partial charge in [-0.2, -0.15) is 0 Å². The van der Waals surface area contributed by atoms with Crippen molar-refractivity contribution in [3.63, 3.8) is 0 Å². The fourth-order valence-electron chi connectivity index (χ4n) is 3.10. The van der Waals surface area contributed by atoms with Gasteiger partial charge in [-0.15, -0.1) is 0 Å². The molecule has 0 fully saturated rings. The Bertz CT molecular complexity index is 1260. The standard InChI is InChI=1S/C22H16ClN3O2/c1-14-24-20-11-3-2-10-19(20)22(28)26(14)18-9-5-8-17(13-18)25-21(27)15-6-4-7-16(23)12-15/h2-13H,1H3,(H,25,27). The summed E-state index contributed by atoms with van der Waals surface area (Å²) in [7, 11) is 0. The van der Waals surface area contributed by atoms with Gasteiger partial charge in [-0.05, 0) is 55.5 Å². The molecule has 0 radical (unpaired) electrons. The monoisotopic (exact) mass is 389 g/mol. The molecule has 0 bridgehead atoms. The van der Waals surface area contributed by atoms with Crippen molar-refractivity contribution < 1.29 is 4.79 Å². The number of nitrogens with one attached hydrogen (secondary N) is 1. The predicted molar refractivity (Wildman–Crippen MR) is 111 cm³/mol. The number of halogens is 1. The van der Waals surface area contributed by atoms with Gasteiger partial charge in [-0.1, -0.05) is 35.9 Å². The number of amides is 1. The number of hydrogen-bond acceptors (Lipinski definition) is 3. The maximum Gasteiger partial charge on any atom is 0.265 e. The van der Waals surface area contributed by atoms with E-state index in [1.807, 2.05) is 18.2 Å². The minimum absolute atomic E-state index is 0.151. The van der Waals surface area contributed by atoms with Gasteiger partial charge in [-0.3, -0.25) is 14.2 Å². The number of hydrogen-bond donors (Lipinski definition) is 1. The number of anilines is 1. The Kier molecular flexibility index (Phi) is 4.67. The molecule has 3 aromatic carbocycles. The van der Waals surface area contributed by atoms with Crippen molar-refractivity contribution in [3.8, 4) is 5.69 Å². The quantitative estimate of drug-likeness (QED) is 0.557. The lowest BCUT2D eigenvalue weighted by atomic mass is 10.2. The topological polar surface area (TPSA) is 64.0 Å². The Morgan fingerprint density at radius 1 is 1.00 bits per heavy atom. The molecule has 1 N–H and O–H groups in total. The molecular formula is C22H16ClN3O2. The molecular weight excluding hydrogens is 374 g/mol. The van der Waals surface area contributed by atoms with Gasteiger partial charge in [-0.25, -0.2) is 4.98 Å². The van der Waals surface area contributed by atoms with Crippen LogP contribution in [0.15, 0.2) is 77.6 Å². The van der Waals surface area contributed by atoms with Gasteiger partial charge >= 0.3 is 0 Å². The summed E-state index contributed by atoms with van der Waals surface area (Å²) in [4.78, 5) is 30.0. The van der Waals surface area contributed by atoms with Crippen LogP contribution in [-0.2, 0) is 0 Å². The van der Waals surface area contributed by atoms with Crippen molar-refractivity contribution in [3.05, 3.63) is 99.6 Å². The minimum atomic E-state index is -0.277. The first-order chi connectivity index (χ1) is 13.5. The summed E-state index contributed by atoms with van der Waals surface area (Å²) in [5, 5.41) is 3.87. The first-order valence-electron chi connectivity index (χ1n) is 8.69. The van der Waals surface area contributed by atoms with Crippen LogP contribution in [0.3, 0.4) is 0 Å². The summed E-state index contributed by atoms with van der Waals surface area (Å²) >= 11 is 5.95. The van der Waals surface area contributed by atoms with Crippen LogP contribution in [0.1, 0.15) is 16.2 Å². The van der Waals surface area contributed by atoms with Gasteiger partial charge in [0.1, 0.15) is 5.82 Å². The second kappa shape index (κ2) is 7.29. The van der Waals surface area contributed by atoms with Crippen LogP contribution in [-0.4, -0.2) is 15.5 Å². The van der Waals surface area contributed by atoms with Gasteiger partial charge in [0.15, 0.2) is 0 Å². The lowest BCUT2D eigenvalue weighted by Gasteiger charge is -2.12. The Hall–Kier alpha value is -3.44. The highest BCUT2D eigenvalue weighted by molar-refractivity contribution is 6.31. The fourth-order valence-corrected chi connectivity index (χ4v) is 3.29. The highest BCUT2D eigenvalue weighted by Gasteiger charge is 2.11. The molecule has 1 heterocycles. The third-order valence-electron chi connectivity index (χ3n) is 4.39. The molecule has 4 rings (SSSR count). The minimum Gasteiger partial charge on any atom is -0.322 e. The average molecular weight is 390 g/mol. The zero-order valence-electron chi connectivity index (χ0n) is 15.0. The van der Waals surface area contributed by atoms with Crippen molar-refractivity contribution >= 4 is 34.1 Å². The van der Waals surface area contributed by atoms with E-state index in [9.17, 15) is 9.59 Å². The Morgan fingerprint density at radius 3 is 2.61 bits per heavy atom. The first kappa shape index (κ1) is 17.9. The van der Waals surface area contributed by atoms with E-state index in [1.165, 1.54) is 4.57 Å². The van der Waals surface area contributed by atoms with E-state index in [2.05, 4.69) is 10.3 Å². The van der Waals surface area contributed by atoms with E-state index in [-0.39, 0.29) is 11.5 Å². The molecule has 0 aliphatic heterocycles. The van der Waals surface area contributed by atoms with Crippen LogP contribution >= 0.6 is 11.6 Å². The SMILES string of the molecule is Cc1nc2ccccc2c(=O)n1-c1cccc(NC(=O)c2cccc(Cl)c2)c1. The molecule has 0 saturated heterocycles. The van der Waals surface area contributed by atoms with Gasteiger partial charge in [0, 0.05) is 16.3 Å². The van der Waals surface area contributed by atoms with Crippen LogP contribution in [0.25, 0.3) is 16.6 Å². The maximum atomic E-state index is 13.0. The summed E-state index contributed by atoms with van der Waals surface area (Å²) < 4.78 is 1.54. The summed E-state index contributed by atoms with van der Waals surface area (Å²) in [6.07, 6.45) is 0. The average Bonchev–Trinajstić information content (AvgIpc) is 2.68. The third kappa shape index (κ3) is 3.40. The molecule has 1 amide bonds. The van der Waals surface area contributed by atoms with E-state index >= 15 is 0 Å². The fraction of sp³-hybridized carbons (Fsp3) is 0.0455. The molecule has 138 valence electrons. The molecule has 4 aromatic rings. The predicted octanol–water partition coefficient (Wildman–Crippen LogP) is 4.60. The summed E-state index contributed by atoms with van der Waals surface area (Å²) in [6, 6.07) is 21.0. The Labute approximate surface area is 166 Å². The van der Waals surface area contributed by atoms with Gasteiger partial charge in [0.2, 0.25) is 0 Å². The number of carbonyl (C=O) groups excluding carboxylic acids is 1. The number of fused-ring (bicyclic) bond motifs is 1. The van der Waals surface area contributed by atoms with Crippen molar-refractivity contribution in [1.82, 2.24) is 9.55 Å². The van der Waals surface area contributed by atoms with E-state index in [4.69, 9.17) is 11.6 Å².